The van der Waals surface area contributed by atoms with Gasteiger partial charge in [0.05, 0.1) is 16.1 Å². The molecule has 0 aliphatic heterocycles. The zero-order chi connectivity index (χ0) is 10.7. The van der Waals surface area contributed by atoms with E-state index in [0.29, 0.717) is 15.6 Å². The van der Waals surface area contributed by atoms with Crippen LogP contribution in [-0.4, -0.2) is 18.9 Å². The van der Waals surface area contributed by atoms with Crippen molar-refractivity contribution in [1.29, 1.82) is 0 Å². The van der Waals surface area contributed by atoms with Crippen molar-refractivity contribution >= 4 is 29.0 Å². The number of likely N-dealkylation sites (N-methyl/N-ethyl adjacent to an activating group) is 1. The highest BCUT2D eigenvalue weighted by Crippen LogP contribution is 2.26. The normalized spacial score (nSPS) is 12.6. The van der Waals surface area contributed by atoms with Crippen LogP contribution in [0.3, 0.4) is 0 Å². The molecule has 0 fully saturated rings. The van der Waals surface area contributed by atoms with Gasteiger partial charge in [-0.05, 0) is 26.1 Å². The number of rotatable bonds is 3. The Labute approximate surface area is 93.2 Å². The molecule has 1 atom stereocenters. The van der Waals surface area contributed by atoms with Gasteiger partial charge in [0.2, 0.25) is 0 Å². The molecule has 0 spiro atoms. The molecule has 0 aliphatic carbocycles. The molecule has 0 saturated heterocycles. The zero-order valence-electron chi connectivity index (χ0n) is 7.97. The van der Waals surface area contributed by atoms with Gasteiger partial charge in [0.15, 0.2) is 5.78 Å². The van der Waals surface area contributed by atoms with Gasteiger partial charge in [0.25, 0.3) is 0 Å². The number of carbonyl (C=O) groups excluding carboxylic acids is 1. The van der Waals surface area contributed by atoms with Crippen molar-refractivity contribution in [2.75, 3.05) is 7.05 Å². The summed E-state index contributed by atoms with van der Waals surface area (Å²) in [5.41, 5.74) is 0.459. The third kappa shape index (κ3) is 2.27. The molecule has 0 aromatic heterocycles. The van der Waals surface area contributed by atoms with Gasteiger partial charge in [-0.2, -0.15) is 0 Å². The van der Waals surface area contributed by atoms with E-state index >= 15 is 0 Å². The average molecular weight is 232 g/mol. The summed E-state index contributed by atoms with van der Waals surface area (Å²) < 4.78 is 0. The van der Waals surface area contributed by atoms with E-state index in [4.69, 9.17) is 23.2 Å². The first-order valence-corrected chi connectivity index (χ1v) is 4.99. The molecule has 1 unspecified atom stereocenters. The van der Waals surface area contributed by atoms with Crippen molar-refractivity contribution < 1.29 is 4.79 Å². The number of hydrogen-bond acceptors (Lipinski definition) is 2. The molecule has 76 valence electrons. The third-order valence-corrected chi connectivity index (χ3v) is 2.86. The summed E-state index contributed by atoms with van der Waals surface area (Å²) in [6.45, 7) is 1.78. The van der Waals surface area contributed by atoms with Crippen molar-refractivity contribution in [3.8, 4) is 0 Å². The first-order valence-electron chi connectivity index (χ1n) is 4.23. The Morgan fingerprint density at radius 3 is 2.64 bits per heavy atom. The molecular formula is C10H11Cl2NO. The van der Waals surface area contributed by atoms with Gasteiger partial charge in [-0.25, -0.2) is 0 Å². The summed E-state index contributed by atoms with van der Waals surface area (Å²) in [6, 6.07) is 4.78. The summed E-state index contributed by atoms with van der Waals surface area (Å²) in [5, 5.41) is 3.58. The summed E-state index contributed by atoms with van der Waals surface area (Å²) in [7, 11) is 1.72. The minimum absolute atomic E-state index is 0.0556. The fourth-order valence-electron chi connectivity index (χ4n) is 1.06. The second-order valence-electron chi connectivity index (χ2n) is 2.98. The van der Waals surface area contributed by atoms with Crippen LogP contribution in [0.15, 0.2) is 18.2 Å². The van der Waals surface area contributed by atoms with E-state index in [1.54, 1.807) is 32.2 Å². The van der Waals surface area contributed by atoms with E-state index in [9.17, 15) is 4.79 Å². The number of carbonyl (C=O) groups is 1. The lowest BCUT2D eigenvalue weighted by molar-refractivity contribution is 0.0955. The van der Waals surface area contributed by atoms with Gasteiger partial charge < -0.3 is 5.32 Å². The molecule has 0 bridgehead atoms. The van der Waals surface area contributed by atoms with E-state index < -0.39 is 0 Å². The van der Waals surface area contributed by atoms with Crippen LogP contribution in [0.1, 0.15) is 17.3 Å². The topological polar surface area (TPSA) is 29.1 Å². The number of Topliss-reactive ketones (excluding diaryl/α,β-unsaturated/α-hetero) is 1. The molecule has 1 N–H and O–H groups in total. The lowest BCUT2D eigenvalue weighted by Gasteiger charge is -2.10. The van der Waals surface area contributed by atoms with Gasteiger partial charge >= 0.3 is 0 Å². The second kappa shape index (κ2) is 4.78. The number of hydrogen-bond donors (Lipinski definition) is 1. The van der Waals surface area contributed by atoms with Gasteiger partial charge in [0.1, 0.15) is 0 Å². The van der Waals surface area contributed by atoms with Crippen molar-refractivity contribution in [3.63, 3.8) is 0 Å². The van der Waals surface area contributed by atoms with E-state index in [1.165, 1.54) is 0 Å². The average Bonchev–Trinajstić information content (AvgIpc) is 2.20. The third-order valence-electron chi connectivity index (χ3n) is 2.04. The molecule has 1 rings (SSSR count). The second-order valence-corrected chi connectivity index (χ2v) is 3.76. The maximum absolute atomic E-state index is 11.7. The first-order chi connectivity index (χ1) is 6.57. The Bertz CT molecular complexity index is 352. The Kier molecular flexibility index (Phi) is 3.93. The molecule has 14 heavy (non-hydrogen) atoms. The number of benzene rings is 1. The van der Waals surface area contributed by atoms with Crippen LogP contribution in [-0.2, 0) is 0 Å². The molecule has 0 aliphatic rings. The van der Waals surface area contributed by atoms with Gasteiger partial charge in [-0.3, -0.25) is 4.79 Å². The predicted molar refractivity (Wildman–Crippen MR) is 59.3 cm³/mol. The summed E-state index contributed by atoms with van der Waals surface area (Å²) in [6.07, 6.45) is 0. The quantitative estimate of drug-likeness (QED) is 0.812. The monoisotopic (exact) mass is 231 g/mol. The molecule has 4 heteroatoms. The van der Waals surface area contributed by atoms with Crippen molar-refractivity contribution in [3.05, 3.63) is 33.8 Å². The van der Waals surface area contributed by atoms with Crippen molar-refractivity contribution in [2.24, 2.45) is 0 Å². The number of ketones is 1. The van der Waals surface area contributed by atoms with Crippen LogP contribution >= 0.6 is 23.2 Å². The molecule has 2 nitrogen and oxygen atoms in total. The summed E-state index contributed by atoms with van der Waals surface area (Å²) in [5.74, 6) is -0.0556. The molecular weight excluding hydrogens is 221 g/mol. The van der Waals surface area contributed by atoms with Crippen LogP contribution in [0.25, 0.3) is 0 Å². The Morgan fingerprint density at radius 1 is 1.43 bits per heavy atom. The fourth-order valence-corrected chi connectivity index (χ4v) is 1.45. The van der Waals surface area contributed by atoms with Crippen molar-refractivity contribution in [2.45, 2.75) is 13.0 Å². The van der Waals surface area contributed by atoms with Crippen LogP contribution in [0.4, 0.5) is 0 Å². The Balaban J connectivity index is 3.07. The smallest absolute Gasteiger partial charge is 0.180 e. The number of halogens is 2. The van der Waals surface area contributed by atoms with Crippen LogP contribution in [0.5, 0.6) is 0 Å². The van der Waals surface area contributed by atoms with Gasteiger partial charge in [0, 0.05) is 5.56 Å². The zero-order valence-corrected chi connectivity index (χ0v) is 9.49. The Hall–Kier alpha value is -0.570. The fraction of sp³-hybridized carbons (Fsp3) is 0.300. The molecule has 1 aromatic rings. The standard InChI is InChI=1S/C10H11Cl2NO/c1-6(13-2)10(14)7-4-3-5-8(11)9(7)12/h3-6,13H,1-2H3. The lowest BCUT2D eigenvalue weighted by Crippen LogP contribution is -2.30. The molecule has 0 saturated carbocycles. The van der Waals surface area contributed by atoms with Crippen molar-refractivity contribution in [1.82, 2.24) is 5.32 Å². The van der Waals surface area contributed by atoms with E-state index in [1.807, 2.05) is 0 Å². The highest BCUT2D eigenvalue weighted by atomic mass is 35.5. The molecule has 0 amide bonds. The molecule has 1 aromatic carbocycles. The van der Waals surface area contributed by atoms with E-state index in [2.05, 4.69) is 5.32 Å². The number of nitrogens with one attached hydrogen (secondary N) is 1. The summed E-state index contributed by atoms with van der Waals surface area (Å²) >= 11 is 11.7. The van der Waals surface area contributed by atoms with Crippen LogP contribution in [0, 0.1) is 0 Å². The minimum Gasteiger partial charge on any atom is -0.310 e. The maximum atomic E-state index is 11.7. The first kappa shape index (κ1) is 11.5. The maximum Gasteiger partial charge on any atom is 0.180 e. The van der Waals surface area contributed by atoms with Crippen LogP contribution < -0.4 is 5.32 Å². The summed E-state index contributed by atoms with van der Waals surface area (Å²) in [4.78, 5) is 11.7. The van der Waals surface area contributed by atoms with Gasteiger partial charge in [-0.15, -0.1) is 0 Å². The lowest BCUT2D eigenvalue weighted by atomic mass is 10.1. The largest absolute Gasteiger partial charge is 0.310 e. The highest BCUT2D eigenvalue weighted by Gasteiger charge is 2.17. The van der Waals surface area contributed by atoms with Crippen LogP contribution in [0.2, 0.25) is 10.0 Å². The molecule has 0 heterocycles. The Morgan fingerprint density at radius 2 is 2.07 bits per heavy atom. The highest BCUT2D eigenvalue weighted by molar-refractivity contribution is 6.44. The minimum atomic E-state index is -0.258. The molecule has 0 radical (unpaired) electrons. The van der Waals surface area contributed by atoms with Gasteiger partial charge in [-0.1, -0.05) is 29.3 Å². The van der Waals surface area contributed by atoms with E-state index in [-0.39, 0.29) is 11.8 Å². The van der Waals surface area contributed by atoms with E-state index in [0.717, 1.165) is 0 Å². The predicted octanol–water partition coefficient (Wildman–Crippen LogP) is 2.78. The SMILES string of the molecule is CNC(C)C(=O)c1cccc(Cl)c1Cl.